The number of aliphatic imine (C=N–C) groups is 1. The maximum Gasteiger partial charge on any atom is 0.132 e. The number of aliphatic hydroxyl groups excluding tert-OH is 1. The lowest BCUT2D eigenvalue weighted by atomic mass is 10.00. The van der Waals surface area contributed by atoms with Crippen molar-refractivity contribution < 1.29 is 9.50 Å². The molecule has 0 aliphatic rings. The van der Waals surface area contributed by atoms with E-state index in [0.717, 1.165) is 4.47 Å². The van der Waals surface area contributed by atoms with E-state index in [1.165, 1.54) is 6.07 Å². The van der Waals surface area contributed by atoms with Crippen LogP contribution in [-0.2, 0) is 0 Å². The molecule has 0 saturated heterocycles. The summed E-state index contributed by atoms with van der Waals surface area (Å²) in [5, 5.41) is 8.96. The first-order chi connectivity index (χ1) is 9.63. The summed E-state index contributed by atoms with van der Waals surface area (Å²) < 4.78 is 14.8. The highest BCUT2D eigenvalue weighted by atomic mass is 79.9. The minimum absolute atomic E-state index is 0.105. The molecule has 0 spiro atoms. The van der Waals surface area contributed by atoms with Gasteiger partial charge < -0.3 is 10.8 Å². The van der Waals surface area contributed by atoms with Gasteiger partial charge in [0.05, 0.1) is 18.9 Å². The molecule has 0 aliphatic carbocycles. The molecule has 3 nitrogen and oxygen atoms in total. The predicted molar refractivity (Wildman–Crippen MR) is 82.5 cm³/mol. The van der Waals surface area contributed by atoms with Crippen molar-refractivity contribution in [1.29, 1.82) is 0 Å². The monoisotopic (exact) mass is 336 g/mol. The van der Waals surface area contributed by atoms with Gasteiger partial charge >= 0.3 is 0 Å². The largest absolute Gasteiger partial charge is 0.398 e. The fourth-order valence-electron chi connectivity index (χ4n) is 1.86. The molecule has 0 heterocycles. The van der Waals surface area contributed by atoms with Gasteiger partial charge in [-0.15, -0.1) is 0 Å². The van der Waals surface area contributed by atoms with Crippen molar-refractivity contribution in [2.24, 2.45) is 4.99 Å². The van der Waals surface area contributed by atoms with Gasteiger partial charge in [0.2, 0.25) is 0 Å². The summed E-state index contributed by atoms with van der Waals surface area (Å²) >= 11 is 3.37. The Morgan fingerprint density at radius 1 is 1.20 bits per heavy atom. The summed E-state index contributed by atoms with van der Waals surface area (Å²) in [4.78, 5) is 4.27. The van der Waals surface area contributed by atoms with E-state index in [2.05, 4.69) is 20.9 Å². The number of hydrogen-bond acceptors (Lipinski definition) is 3. The topological polar surface area (TPSA) is 58.6 Å². The van der Waals surface area contributed by atoms with E-state index >= 15 is 0 Å². The molecule has 104 valence electrons. The van der Waals surface area contributed by atoms with Crippen LogP contribution in [0.4, 0.5) is 10.1 Å². The highest BCUT2D eigenvalue weighted by Crippen LogP contribution is 2.23. The van der Waals surface area contributed by atoms with E-state index in [1.54, 1.807) is 30.3 Å². The van der Waals surface area contributed by atoms with Gasteiger partial charge in [-0.3, -0.25) is 4.99 Å². The number of benzene rings is 2. The summed E-state index contributed by atoms with van der Waals surface area (Å²) in [6.07, 6.45) is 0. The molecule has 0 fully saturated rings. The van der Waals surface area contributed by atoms with Crippen molar-refractivity contribution in [3.05, 3.63) is 63.9 Å². The molecular formula is C15H14BrFN2O. The van der Waals surface area contributed by atoms with E-state index in [0.29, 0.717) is 22.5 Å². The molecule has 0 bridgehead atoms. The summed E-state index contributed by atoms with van der Waals surface area (Å²) in [7, 11) is 0. The molecule has 0 aromatic heterocycles. The van der Waals surface area contributed by atoms with Crippen LogP contribution in [0.15, 0.2) is 51.9 Å². The maximum absolute atomic E-state index is 14.0. The summed E-state index contributed by atoms with van der Waals surface area (Å²) in [6.45, 7) is 0.0848. The van der Waals surface area contributed by atoms with Crippen LogP contribution in [0.3, 0.4) is 0 Å². The molecule has 0 radical (unpaired) electrons. The number of nitrogen functional groups attached to an aromatic ring is 1. The fraction of sp³-hybridized carbons (Fsp3) is 0.133. The third kappa shape index (κ3) is 3.23. The van der Waals surface area contributed by atoms with E-state index in [-0.39, 0.29) is 19.0 Å². The minimum atomic E-state index is -0.372. The molecule has 2 aromatic carbocycles. The van der Waals surface area contributed by atoms with Gasteiger partial charge in [0, 0.05) is 21.3 Å². The zero-order chi connectivity index (χ0) is 14.5. The fourth-order valence-corrected chi connectivity index (χ4v) is 2.23. The number of hydrogen-bond donors (Lipinski definition) is 2. The standard InChI is InChI=1S/C15H14BrFN2O/c16-10-5-6-14(18)12(9-10)15(19-7-8-20)11-3-1-2-4-13(11)17/h1-6,9,20H,7-8,18H2/b19-15+. The van der Waals surface area contributed by atoms with Gasteiger partial charge in [0.15, 0.2) is 0 Å². The zero-order valence-corrected chi connectivity index (χ0v) is 12.3. The third-order valence-corrected chi connectivity index (χ3v) is 3.26. The lowest BCUT2D eigenvalue weighted by molar-refractivity contribution is 0.307. The van der Waals surface area contributed by atoms with Gasteiger partial charge in [-0.05, 0) is 30.3 Å². The van der Waals surface area contributed by atoms with Crippen LogP contribution in [0.1, 0.15) is 11.1 Å². The maximum atomic E-state index is 14.0. The Bertz CT molecular complexity index is 644. The average Bonchev–Trinajstić information content (AvgIpc) is 2.44. The van der Waals surface area contributed by atoms with Crippen LogP contribution in [-0.4, -0.2) is 24.0 Å². The van der Waals surface area contributed by atoms with Crippen molar-refractivity contribution >= 4 is 27.3 Å². The Balaban J connectivity index is 2.60. The van der Waals surface area contributed by atoms with Gasteiger partial charge in [-0.25, -0.2) is 4.39 Å². The molecular weight excluding hydrogens is 323 g/mol. The van der Waals surface area contributed by atoms with Crippen molar-refractivity contribution in [2.45, 2.75) is 0 Å². The second-order valence-electron chi connectivity index (χ2n) is 4.17. The lowest BCUT2D eigenvalue weighted by Crippen LogP contribution is -2.10. The van der Waals surface area contributed by atoms with Crippen molar-refractivity contribution in [3.8, 4) is 0 Å². The lowest BCUT2D eigenvalue weighted by Gasteiger charge is -2.11. The Labute approximate surface area is 125 Å². The van der Waals surface area contributed by atoms with E-state index in [4.69, 9.17) is 10.8 Å². The second kappa shape index (κ2) is 6.63. The summed E-state index contributed by atoms with van der Waals surface area (Å²) in [6, 6.07) is 11.7. The first-order valence-corrected chi connectivity index (χ1v) is 6.88. The molecule has 0 unspecified atom stereocenters. The van der Waals surface area contributed by atoms with Gasteiger partial charge in [0.25, 0.3) is 0 Å². The Morgan fingerprint density at radius 3 is 2.65 bits per heavy atom. The normalized spacial score (nSPS) is 11.7. The highest BCUT2D eigenvalue weighted by molar-refractivity contribution is 9.10. The Kier molecular flexibility index (Phi) is 4.87. The molecule has 0 atom stereocenters. The Morgan fingerprint density at radius 2 is 1.95 bits per heavy atom. The number of halogens is 2. The van der Waals surface area contributed by atoms with Gasteiger partial charge in [-0.1, -0.05) is 28.1 Å². The minimum Gasteiger partial charge on any atom is -0.398 e. The predicted octanol–water partition coefficient (Wildman–Crippen LogP) is 3.00. The smallest absolute Gasteiger partial charge is 0.132 e. The van der Waals surface area contributed by atoms with Crippen LogP contribution in [0.2, 0.25) is 0 Å². The third-order valence-electron chi connectivity index (χ3n) is 2.77. The van der Waals surface area contributed by atoms with Crippen LogP contribution in [0.5, 0.6) is 0 Å². The van der Waals surface area contributed by atoms with Gasteiger partial charge in [0.1, 0.15) is 5.82 Å². The van der Waals surface area contributed by atoms with E-state index < -0.39 is 0 Å². The number of nitrogens with zero attached hydrogens (tertiary/aromatic N) is 1. The molecule has 20 heavy (non-hydrogen) atoms. The van der Waals surface area contributed by atoms with Crippen molar-refractivity contribution in [3.63, 3.8) is 0 Å². The average molecular weight is 337 g/mol. The van der Waals surface area contributed by atoms with Crippen LogP contribution in [0, 0.1) is 5.82 Å². The molecule has 0 amide bonds. The summed E-state index contributed by atoms with van der Waals surface area (Å²) in [5.74, 6) is -0.372. The van der Waals surface area contributed by atoms with Crippen molar-refractivity contribution in [1.82, 2.24) is 0 Å². The first kappa shape index (κ1) is 14.7. The zero-order valence-electron chi connectivity index (χ0n) is 10.7. The molecule has 2 aromatic rings. The molecule has 2 rings (SSSR count). The SMILES string of the molecule is Nc1ccc(Br)cc1/C(=N/CCO)c1ccccc1F. The van der Waals surface area contributed by atoms with Crippen LogP contribution < -0.4 is 5.73 Å². The molecule has 0 aliphatic heterocycles. The number of nitrogens with two attached hydrogens (primary N) is 1. The molecule has 5 heteroatoms. The number of aliphatic hydroxyl groups is 1. The molecule has 3 N–H and O–H groups in total. The van der Waals surface area contributed by atoms with E-state index in [9.17, 15) is 4.39 Å². The Hall–Kier alpha value is -1.72. The van der Waals surface area contributed by atoms with E-state index in [1.807, 2.05) is 6.07 Å². The number of anilines is 1. The van der Waals surface area contributed by atoms with Gasteiger partial charge in [-0.2, -0.15) is 0 Å². The van der Waals surface area contributed by atoms with Crippen LogP contribution >= 0.6 is 15.9 Å². The quantitative estimate of drug-likeness (QED) is 0.666. The van der Waals surface area contributed by atoms with Crippen LogP contribution in [0.25, 0.3) is 0 Å². The second-order valence-corrected chi connectivity index (χ2v) is 5.08. The summed E-state index contributed by atoms with van der Waals surface area (Å²) in [5.41, 5.74) is 7.91. The number of rotatable bonds is 4. The first-order valence-electron chi connectivity index (χ1n) is 6.09. The highest BCUT2D eigenvalue weighted by Gasteiger charge is 2.14. The van der Waals surface area contributed by atoms with Crippen molar-refractivity contribution in [2.75, 3.05) is 18.9 Å². The molecule has 0 saturated carbocycles.